The lowest BCUT2D eigenvalue weighted by molar-refractivity contribution is -0.127. The monoisotopic (exact) mass is 599 g/mol. The molecule has 3 amide bonds. The summed E-state index contributed by atoms with van der Waals surface area (Å²) in [5.41, 5.74) is 7.41. The number of hydrazine groups is 1. The van der Waals surface area contributed by atoms with Gasteiger partial charge in [0.2, 0.25) is 11.8 Å². The van der Waals surface area contributed by atoms with E-state index in [2.05, 4.69) is 20.8 Å². The molecule has 4 rings (SSSR count). The van der Waals surface area contributed by atoms with Crippen LogP contribution in [0, 0.1) is 0 Å². The van der Waals surface area contributed by atoms with Crippen LogP contribution in [0.25, 0.3) is 17.1 Å². The molecule has 13 heteroatoms. The summed E-state index contributed by atoms with van der Waals surface area (Å²) in [6.07, 6.45) is 4.09. The van der Waals surface area contributed by atoms with Crippen LogP contribution < -0.4 is 20.3 Å². The molecule has 1 aliphatic heterocycles. The SMILES string of the molecule is COc1ccc(C=C2SC(=S)N(CCCCCC(=O)NNC(=O)CSc3nc4ccccc4[nH]3)C2=O)cc1OC. The third kappa shape index (κ3) is 7.77. The number of thiocarbonyl (C=S) groups is 1. The molecule has 0 aliphatic carbocycles. The molecule has 1 aromatic heterocycles. The Hall–Kier alpha value is -3.55. The molecular weight excluding hydrogens is 571 g/mol. The van der Waals surface area contributed by atoms with Crippen molar-refractivity contribution in [1.82, 2.24) is 25.7 Å². The van der Waals surface area contributed by atoms with E-state index in [0.29, 0.717) is 45.3 Å². The highest BCUT2D eigenvalue weighted by Crippen LogP contribution is 2.34. The summed E-state index contributed by atoms with van der Waals surface area (Å²) in [6, 6.07) is 13.1. The summed E-state index contributed by atoms with van der Waals surface area (Å²) < 4.78 is 11.1. The molecule has 40 heavy (non-hydrogen) atoms. The Balaban J connectivity index is 1.13. The number of rotatable bonds is 12. The fraction of sp³-hybridized carbons (Fsp3) is 0.296. The van der Waals surface area contributed by atoms with Gasteiger partial charge in [0.15, 0.2) is 16.7 Å². The number of thioether (sulfide) groups is 2. The fourth-order valence-electron chi connectivity index (χ4n) is 3.89. The summed E-state index contributed by atoms with van der Waals surface area (Å²) in [7, 11) is 3.13. The first-order chi connectivity index (χ1) is 19.4. The smallest absolute Gasteiger partial charge is 0.266 e. The van der Waals surface area contributed by atoms with Crippen molar-refractivity contribution in [3.8, 4) is 11.5 Å². The first kappa shape index (κ1) is 29.4. The first-order valence-corrected chi connectivity index (χ1v) is 14.7. The molecule has 0 spiro atoms. The zero-order chi connectivity index (χ0) is 28.5. The maximum Gasteiger partial charge on any atom is 0.266 e. The average Bonchev–Trinajstić information content (AvgIpc) is 3.50. The summed E-state index contributed by atoms with van der Waals surface area (Å²) in [6.45, 7) is 0.477. The van der Waals surface area contributed by atoms with Gasteiger partial charge in [-0.25, -0.2) is 4.98 Å². The molecule has 3 aromatic rings. The number of hydrogen-bond donors (Lipinski definition) is 3. The number of aromatic nitrogens is 2. The van der Waals surface area contributed by atoms with Crippen LogP contribution in [-0.4, -0.2) is 63.4 Å². The van der Waals surface area contributed by atoms with E-state index in [-0.39, 0.29) is 29.9 Å². The number of unbranched alkanes of at least 4 members (excludes halogenated alkanes) is 2. The quantitative estimate of drug-likeness (QED) is 0.0920. The van der Waals surface area contributed by atoms with E-state index in [0.717, 1.165) is 23.0 Å². The largest absolute Gasteiger partial charge is 0.493 e. The van der Waals surface area contributed by atoms with Crippen molar-refractivity contribution in [3.63, 3.8) is 0 Å². The highest BCUT2D eigenvalue weighted by molar-refractivity contribution is 8.26. The zero-order valence-electron chi connectivity index (χ0n) is 22.0. The minimum absolute atomic E-state index is 0.115. The van der Waals surface area contributed by atoms with E-state index in [1.54, 1.807) is 37.3 Å². The third-order valence-electron chi connectivity index (χ3n) is 5.91. The third-order valence-corrected chi connectivity index (χ3v) is 8.16. The lowest BCUT2D eigenvalue weighted by Gasteiger charge is -2.14. The molecule has 0 unspecified atom stereocenters. The number of imidazole rings is 1. The van der Waals surface area contributed by atoms with E-state index >= 15 is 0 Å². The van der Waals surface area contributed by atoms with E-state index in [1.807, 2.05) is 30.3 Å². The summed E-state index contributed by atoms with van der Waals surface area (Å²) in [5, 5.41) is 0.639. The molecular formula is C27H29N5O5S3. The van der Waals surface area contributed by atoms with E-state index in [4.69, 9.17) is 21.7 Å². The number of nitrogens with zero attached hydrogens (tertiary/aromatic N) is 2. The average molecular weight is 600 g/mol. The van der Waals surface area contributed by atoms with Crippen LogP contribution in [0.1, 0.15) is 31.2 Å². The van der Waals surface area contributed by atoms with E-state index < -0.39 is 0 Å². The molecule has 0 atom stereocenters. The van der Waals surface area contributed by atoms with Crippen LogP contribution in [0.2, 0.25) is 0 Å². The van der Waals surface area contributed by atoms with Gasteiger partial charge in [0.05, 0.1) is 35.9 Å². The number of carbonyl (C=O) groups is 3. The van der Waals surface area contributed by atoms with Gasteiger partial charge in [-0.05, 0) is 48.7 Å². The summed E-state index contributed by atoms with van der Waals surface area (Å²) >= 11 is 7.94. The lowest BCUT2D eigenvalue weighted by Crippen LogP contribution is -2.42. The molecule has 2 heterocycles. The van der Waals surface area contributed by atoms with Crippen molar-refractivity contribution in [2.45, 2.75) is 30.8 Å². The Labute approximate surface area is 245 Å². The van der Waals surface area contributed by atoms with Crippen LogP contribution in [0.15, 0.2) is 52.5 Å². The Kier molecular flexibility index (Phi) is 10.4. The van der Waals surface area contributed by atoms with Gasteiger partial charge < -0.3 is 14.5 Å². The van der Waals surface area contributed by atoms with Gasteiger partial charge in [-0.3, -0.25) is 30.1 Å². The number of methoxy groups -OCH3 is 2. The van der Waals surface area contributed by atoms with Crippen LogP contribution in [-0.2, 0) is 14.4 Å². The Morgan fingerprint density at radius 3 is 2.62 bits per heavy atom. The molecule has 2 aromatic carbocycles. The van der Waals surface area contributed by atoms with Gasteiger partial charge in [0, 0.05) is 13.0 Å². The molecule has 1 fully saturated rings. The lowest BCUT2D eigenvalue weighted by atomic mass is 10.1. The predicted molar refractivity (Wildman–Crippen MR) is 161 cm³/mol. The van der Waals surface area contributed by atoms with Gasteiger partial charge in [-0.1, -0.05) is 60.4 Å². The van der Waals surface area contributed by atoms with Crippen molar-refractivity contribution >= 4 is 74.9 Å². The van der Waals surface area contributed by atoms with Crippen molar-refractivity contribution in [2.24, 2.45) is 0 Å². The molecule has 210 valence electrons. The van der Waals surface area contributed by atoms with Crippen molar-refractivity contribution < 1.29 is 23.9 Å². The van der Waals surface area contributed by atoms with Gasteiger partial charge in [-0.2, -0.15) is 0 Å². The van der Waals surface area contributed by atoms with Gasteiger partial charge in [0.1, 0.15) is 4.32 Å². The number of ether oxygens (including phenoxy) is 2. The number of nitrogens with one attached hydrogen (secondary N) is 3. The maximum absolute atomic E-state index is 12.9. The highest BCUT2D eigenvalue weighted by Gasteiger charge is 2.31. The van der Waals surface area contributed by atoms with E-state index in [9.17, 15) is 14.4 Å². The number of fused-ring (bicyclic) bond motifs is 1. The van der Waals surface area contributed by atoms with Crippen molar-refractivity contribution in [1.29, 1.82) is 0 Å². The molecule has 0 bridgehead atoms. The van der Waals surface area contributed by atoms with Crippen molar-refractivity contribution in [3.05, 3.63) is 52.9 Å². The van der Waals surface area contributed by atoms with Crippen LogP contribution >= 0.6 is 35.7 Å². The molecule has 1 saturated heterocycles. The Morgan fingerprint density at radius 2 is 1.85 bits per heavy atom. The topological polar surface area (TPSA) is 126 Å². The Morgan fingerprint density at radius 1 is 1.07 bits per heavy atom. The van der Waals surface area contributed by atoms with Gasteiger partial charge in [0.25, 0.3) is 5.91 Å². The standard InChI is InChI=1S/C27H29N5O5S3/c1-36-20-12-11-17(14-21(20)37-2)15-22-25(35)32(27(38)40-22)13-7-3-4-10-23(33)30-31-24(34)16-39-26-28-18-8-5-6-9-19(18)29-26/h5-6,8-9,11-12,14-15H,3-4,7,10,13,16H2,1-2H3,(H,28,29)(H,30,33)(H,31,34). The molecule has 0 radical (unpaired) electrons. The molecule has 0 saturated carbocycles. The minimum atomic E-state index is -0.325. The predicted octanol–water partition coefficient (Wildman–Crippen LogP) is 4.28. The van der Waals surface area contributed by atoms with Gasteiger partial charge in [-0.15, -0.1) is 0 Å². The van der Waals surface area contributed by atoms with Crippen LogP contribution in [0.4, 0.5) is 0 Å². The number of carbonyl (C=O) groups excluding carboxylic acids is 3. The van der Waals surface area contributed by atoms with E-state index in [1.165, 1.54) is 23.5 Å². The maximum atomic E-state index is 12.9. The molecule has 1 aliphatic rings. The second-order valence-electron chi connectivity index (χ2n) is 8.70. The van der Waals surface area contributed by atoms with Crippen molar-refractivity contribution in [2.75, 3.05) is 26.5 Å². The number of H-pyrrole nitrogens is 1. The second kappa shape index (κ2) is 14.2. The number of aromatic amines is 1. The number of amides is 3. The normalized spacial score (nSPS) is 14.2. The minimum Gasteiger partial charge on any atom is -0.493 e. The first-order valence-electron chi connectivity index (χ1n) is 12.5. The van der Waals surface area contributed by atoms with Crippen LogP contribution in [0.5, 0.6) is 11.5 Å². The second-order valence-corrected chi connectivity index (χ2v) is 11.3. The number of benzene rings is 2. The summed E-state index contributed by atoms with van der Waals surface area (Å²) in [4.78, 5) is 46.7. The zero-order valence-corrected chi connectivity index (χ0v) is 24.5. The van der Waals surface area contributed by atoms with Gasteiger partial charge >= 0.3 is 0 Å². The molecule has 10 nitrogen and oxygen atoms in total. The Bertz CT molecular complexity index is 1410. The highest BCUT2D eigenvalue weighted by atomic mass is 32.2. The fourth-order valence-corrected chi connectivity index (χ4v) is 5.88. The summed E-state index contributed by atoms with van der Waals surface area (Å²) in [5.74, 6) is 0.577. The number of hydrogen-bond acceptors (Lipinski definition) is 9. The molecule has 3 N–H and O–H groups in total. The van der Waals surface area contributed by atoms with Crippen LogP contribution in [0.3, 0.4) is 0 Å². The number of para-hydroxylation sites is 2.